The van der Waals surface area contributed by atoms with Gasteiger partial charge in [0.1, 0.15) is 11.4 Å². The Kier molecular flexibility index (Phi) is 4.82. The zero-order chi connectivity index (χ0) is 16.4. The highest BCUT2D eigenvalue weighted by atomic mass is 79.9. The molecule has 0 saturated heterocycles. The highest BCUT2D eigenvalue weighted by Gasteiger charge is 2.37. The minimum absolute atomic E-state index is 0.127. The molecule has 0 amide bonds. The molecule has 1 atom stereocenters. The molecule has 4 nitrogen and oxygen atoms in total. The molecule has 22 heavy (non-hydrogen) atoms. The zero-order valence-electron chi connectivity index (χ0n) is 12.7. The number of dihydropyridines is 1. The Hall–Kier alpha value is -1.53. The van der Waals surface area contributed by atoms with Crippen LogP contribution in [-0.2, 0) is 11.3 Å². The Morgan fingerprint density at radius 3 is 2.55 bits per heavy atom. The van der Waals surface area contributed by atoms with Crippen LogP contribution in [0, 0.1) is 5.82 Å². The number of oxime groups is 1. The topological polar surface area (TPSA) is 54.2 Å². The van der Waals surface area contributed by atoms with Gasteiger partial charge in [0.05, 0.1) is 0 Å². The van der Waals surface area contributed by atoms with Crippen LogP contribution in [0.3, 0.4) is 0 Å². The van der Waals surface area contributed by atoms with Crippen molar-refractivity contribution in [3.05, 3.63) is 47.3 Å². The zero-order valence-corrected chi connectivity index (χ0v) is 14.3. The van der Waals surface area contributed by atoms with E-state index < -0.39 is 10.1 Å². The van der Waals surface area contributed by atoms with Crippen molar-refractivity contribution in [1.82, 2.24) is 0 Å². The highest BCUT2D eigenvalue weighted by molar-refractivity contribution is 9.10. The van der Waals surface area contributed by atoms with Crippen molar-refractivity contribution >= 4 is 28.0 Å². The molecule has 1 aliphatic heterocycles. The molecule has 0 aromatic heterocycles. The van der Waals surface area contributed by atoms with E-state index in [1.54, 1.807) is 24.4 Å². The van der Waals surface area contributed by atoms with Crippen LogP contribution in [0.5, 0.6) is 0 Å². The van der Waals surface area contributed by atoms with Gasteiger partial charge in [0, 0.05) is 6.21 Å². The normalized spacial score (nSPS) is 23.5. The first-order valence-electron chi connectivity index (χ1n) is 6.84. The largest absolute Gasteiger partial charge is 0.388 e. The maximum Gasteiger partial charge on any atom is 0.215 e. The van der Waals surface area contributed by atoms with Gasteiger partial charge in [0.2, 0.25) is 10.3 Å². The molecule has 1 aromatic rings. The van der Waals surface area contributed by atoms with Crippen molar-refractivity contribution in [3.8, 4) is 0 Å². The van der Waals surface area contributed by atoms with Crippen molar-refractivity contribution < 1.29 is 14.3 Å². The number of benzene rings is 1. The molecule has 0 spiro atoms. The molecular formula is C16H18BrFN2O2. The third-order valence-corrected chi connectivity index (χ3v) is 3.77. The highest BCUT2D eigenvalue weighted by Crippen LogP contribution is 2.32. The number of aliphatic imine (C=N–C) groups is 1. The van der Waals surface area contributed by atoms with E-state index in [2.05, 4.69) is 26.1 Å². The van der Waals surface area contributed by atoms with Gasteiger partial charge in [-0.15, -0.1) is 0 Å². The molecular weight excluding hydrogens is 351 g/mol. The Bertz CT molecular complexity index is 629. The van der Waals surface area contributed by atoms with Gasteiger partial charge in [0.25, 0.3) is 0 Å². The molecule has 6 heteroatoms. The molecule has 1 aromatic carbocycles. The van der Waals surface area contributed by atoms with Gasteiger partial charge in [0.15, 0.2) is 0 Å². The van der Waals surface area contributed by atoms with Crippen LogP contribution in [0.1, 0.15) is 26.3 Å². The van der Waals surface area contributed by atoms with E-state index in [9.17, 15) is 9.50 Å². The van der Waals surface area contributed by atoms with Gasteiger partial charge in [-0.25, -0.2) is 9.38 Å². The van der Waals surface area contributed by atoms with Gasteiger partial charge in [-0.2, -0.15) is 0 Å². The molecule has 2 rings (SSSR count). The Morgan fingerprint density at radius 2 is 1.95 bits per heavy atom. The fourth-order valence-corrected chi connectivity index (χ4v) is 2.25. The van der Waals surface area contributed by atoms with Crippen LogP contribution in [0.25, 0.3) is 0 Å². The maximum absolute atomic E-state index is 13.0. The van der Waals surface area contributed by atoms with Crippen LogP contribution < -0.4 is 0 Å². The fourth-order valence-electron chi connectivity index (χ4n) is 1.80. The molecule has 118 valence electrons. The summed E-state index contributed by atoms with van der Waals surface area (Å²) in [6.07, 6.45) is 3.69. The molecule has 0 radical (unpaired) electrons. The SMILES string of the molecule is CC(C)(C)ON=C1N=CC=C(Cc2ccc(F)cc2)C1(O)Br. The Labute approximate surface area is 137 Å². The lowest BCUT2D eigenvalue weighted by Crippen LogP contribution is -2.36. The molecule has 0 bridgehead atoms. The summed E-state index contributed by atoms with van der Waals surface area (Å²) in [7, 11) is 0. The number of aliphatic hydroxyl groups is 1. The van der Waals surface area contributed by atoms with Gasteiger partial charge in [-0.3, -0.25) is 0 Å². The summed E-state index contributed by atoms with van der Waals surface area (Å²) in [4.78, 5) is 9.38. The summed E-state index contributed by atoms with van der Waals surface area (Å²) in [6, 6.07) is 6.12. The van der Waals surface area contributed by atoms with Crippen LogP contribution in [0.15, 0.2) is 46.1 Å². The second-order valence-electron chi connectivity index (χ2n) is 6.01. The lowest BCUT2D eigenvalue weighted by Gasteiger charge is -2.27. The Balaban J connectivity index is 2.20. The van der Waals surface area contributed by atoms with E-state index in [-0.39, 0.29) is 11.7 Å². The van der Waals surface area contributed by atoms with Gasteiger partial charge >= 0.3 is 0 Å². The molecule has 0 aliphatic carbocycles. The molecule has 1 aliphatic rings. The van der Waals surface area contributed by atoms with Crippen molar-refractivity contribution in [3.63, 3.8) is 0 Å². The number of halogens is 2. The van der Waals surface area contributed by atoms with Gasteiger partial charge < -0.3 is 9.94 Å². The minimum atomic E-state index is -1.51. The quantitative estimate of drug-likeness (QED) is 0.654. The number of amidine groups is 1. The molecule has 1 unspecified atom stereocenters. The standard InChI is InChI=1S/C16H18BrFN2O2/c1-15(2,3)22-20-14-16(17,21)12(8-9-19-14)10-11-4-6-13(18)7-5-11/h4-9,21H,10H2,1-3H3. The summed E-state index contributed by atoms with van der Waals surface area (Å²) >= 11 is 3.25. The van der Waals surface area contributed by atoms with E-state index >= 15 is 0 Å². The second kappa shape index (κ2) is 6.30. The summed E-state index contributed by atoms with van der Waals surface area (Å²) < 4.78 is 11.4. The average molecular weight is 369 g/mol. The third-order valence-electron chi connectivity index (χ3n) is 2.91. The monoisotopic (exact) mass is 368 g/mol. The van der Waals surface area contributed by atoms with Crippen LogP contribution in [-0.4, -0.2) is 27.3 Å². The lowest BCUT2D eigenvalue weighted by atomic mass is 9.98. The summed E-state index contributed by atoms with van der Waals surface area (Å²) in [5.41, 5.74) is 1.03. The number of nitrogens with zero attached hydrogens (tertiary/aromatic N) is 2. The van der Waals surface area contributed by atoms with E-state index in [1.807, 2.05) is 20.8 Å². The fraction of sp³-hybridized carbons (Fsp3) is 0.375. The number of alkyl halides is 1. The average Bonchev–Trinajstić information content (AvgIpc) is 2.41. The van der Waals surface area contributed by atoms with Crippen LogP contribution in [0.4, 0.5) is 4.39 Å². The van der Waals surface area contributed by atoms with Crippen LogP contribution >= 0.6 is 15.9 Å². The number of allylic oxidation sites excluding steroid dienone is 1. The number of hydrogen-bond acceptors (Lipinski definition) is 3. The predicted molar refractivity (Wildman–Crippen MR) is 88.8 cm³/mol. The maximum atomic E-state index is 13.0. The molecule has 1 heterocycles. The Morgan fingerprint density at radius 1 is 1.32 bits per heavy atom. The van der Waals surface area contributed by atoms with Crippen molar-refractivity contribution in [2.75, 3.05) is 0 Å². The van der Waals surface area contributed by atoms with Crippen molar-refractivity contribution in [2.24, 2.45) is 10.1 Å². The first kappa shape index (κ1) is 16.8. The minimum Gasteiger partial charge on any atom is -0.388 e. The molecule has 1 N–H and O–H groups in total. The van der Waals surface area contributed by atoms with E-state index in [0.717, 1.165) is 5.56 Å². The van der Waals surface area contributed by atoms with E-state index in [1.165, 1.54) is 12.1 Å². The smallest absolute Gasteiger partial charge is 0.215 e. The third kappa shape index (κ3) is 4.24. The predicted octanol–water partition coefficient (Wildman–Crippen LogP) is 3.59. The second-order valence-corrected chi connectivity index (χ2v) is 7.16. The van der Waals surface area contributed by atoms with Crippen molar-refractivity contribution in [2.45, 2.75) is 37.3 Å². The number of rotatable bonds is 3. The van der Waals surface area contributed by atoms with Gasteiger partial charge in [-0.05, 0) is 72.5 Å². The molecule has 0 saturated carbocycles. The van der Waals surface area contributed by atoms with E-state index in [4.69, 9.17) is 4.84 Å². The van der Waals surface area contributed by atoms with E-state index in [0.29, 0.717) is 12.0 Å². The summed E-state index contributed by atoms with van der Waals surface area (Å²) in [5.74, 6) is -0.167. The summed E-state index contributed by atoms with van der Waals surface area (Å²) in [6.45, 7) is 5.56. The lowest BCUT2D eigenvalue weighted by molar-refractivity contribution is -0.00117. The molecule has 0 fully saturated rings. The van der Waals surface area contributed by atoms with Gasteiger partial charge in [-0.1, -0.05) is 17.3 Å². The summed E-state index contributed by atoms with van der Waals surface area (Å²) in [5, 5.41) is 14.6. The first-order chi connectivity index (χ1) is 10.2. The first-order valence-corrected chi connectivity index (χ1v) is 7.64. The number of hydrogen-bond donors (Lipinski definition) is 1. The van der Waals surface area contributed by atoms with Crippen LogP contribution in [0.2, 0.25) is 0 Å². The van der Waals surface area contributed by atoms with Crippen molar-refractivity contribution in [1.29, 1.82) is 0 Å².